The van der Waals surface area contributed by atoms with Crippen molar-refractivity contribution in [2.75, 3.05) is 31.1 Å². The molecule has 1 aliphatic carbocycles. The van der Waals surface area contributed by atoms with Crippen molar-refractivity contribution < 1.29 is 4.79 Å². The number of fused-ring (bicyclic) bond motifs is 3. The van der Waals surface area contributed by atoms with Crippen LogP contribution in [0.4, 0.5) is 5.69 Å². The number of nitrogens with one attached hydrogen (secondary N) is 1. The van der Waals surface area contributed by atoms with Gasteiger partial charge in [0, 0.05) is 49.6 Å². The van der Waals surface area contributed by atoms with Gasteiger partial charge in [0.25, 0.3) is 5.56 Å². The maximum absolute atomic E-state index is 13.0. The van der Waals surface area contributed by atoms with E-state index in [1.54, 1.807) is 11.3 Å². The average Bonchev–Trinajstić information content (AvgIpc) is 3.20. The summed E-state index contributed by atoms with van der Waals surface area (Å²) in [6, 6.07) is 6.55. The molecule has 2 aromatic heterocycles. The van der Waals surface area contributed by atoms with Crippen LogP contribution in [0.3, 0.4) is 0 Å². The Hall–Kier alpha value is -2.67. The molecule has 7 heteroatoms. The van der Waals surface area contributed by atoms with E-state index in [1.807, 2.05) is 4.90 Å². The largest absolute Gasteiger partial charge is 0.368 e. The second-order valence-electron chi connectivity index (χ2n) is 11.7. The van der Waals surface area contributed by atoms with E-state index >= 15 is 0 Å². The van der Waals surface area contributed by atoms with E-state index in [-0.39, 0.29) is 16.9 Å². The lowest BCUT2D eigenvalue weighted by molar-refractivity contribution is -0.131. The summed E-state index contributed by atoms with van der Waals surface area (Å²) in [7, 11) is 0. The second kappa shape index (κ2) is 9.66. The summed E-state index contributed by atoms with van der Waals surface area (Å²) < 4.78 is 0. The Kier molecular flexibility index (Phi) is 6.70. The normalized spacial score (nSPS) is 18.5. The van der Waals surface area contributed by atoms with Crippen molar-refractivity contribution in [3.8, 4) is 0 Å². The molecule has 1 fully saturated rings. The summed E-state index contributed by atoms with van der Waals surface area (Å²) in [5.41, 5.74) is 5.24. The molecule has 1 N–H and O–H groups in total. The first kappa shape index (κ1) is 25.0. The quantitative estimate of drug-likeness (QED) is 0.539. The Balaban J connectivity index is 1.22. The summed E-state index contributed by atoms with van der Waals surface area (Å²) in [4.78, 5) is 40.2. The van der Waals surface area contributed by atoms with Crippen molar-refractivity contribution in [1.29, 1.82) is 0 Å². The number of thiophene rings is 1. The fraction of sp³-hybridized carbons (Fsp3) is 0.552. The number of benzene rings is 1. The molecule has 0 bridgehead atoms. The maximum Gasteiger partial charge on any atom is 0.259 e. The number of piperazine rings is 1. The van der Waals surface area contributed by atoms with Crippen molar-refractivity contribution in [2.45, 2.75) is 66.7 Å². The van der Waals surface area contributed by atoms with Crippen molar-refractivity contribution in [3.05, 3.63) is 55.9 Å². The Bertz CT molecular complexity index is 1340. The number of aromatic nitrogens is 2. The Morgan fingerprint density at radius 3 is 2.61 bits per heavy atom. The van der Waals surface area contributed by atoms with Crippen LogP contribution in [0.2, 0.25) is 0 Å². The Morgan fingerprint density at radius 1 is 1.17 bits per heavy atom. The molecule has 1 amide bonds. The molecule has 0 unspecified atom stereocenters. The van der Waals surface area contributed by atoms with Crippen LogP contribution in [0.1, 0.15) is 61.0 Å². The van der Waals surface area contributed by atoms with Gasteiger partial charge in [-0.25, -0.2) is 4.98 Å². The third-order valence-electron chi connectivity index (χ3n) is 8.09. The lowest BCUT2D eigenvalue weighted by Gasteiger charge is -2.37. The number of hydrogen-bond donors (Lipinski definition) is 1. The van der Waals surface area contributed by atoms with Gasteiger partial charge in [-0.2, -0.15) is 0 Å². The molecule has 2 aliphatic rings. The highest BCUT2D eigenvalue weighted by atomic mass is 32.1. The number of nitrogens with zero attached hydrogens (tertiary/aromatic N) is 3. The van der Waals surface area contributed by atoms with Gasteiger partial charge in [0.2, 0.25) is 5.91 Å². The summed E-state index contributed by atoms with van der Waals surface area (Å²) in [5.74, 6) is 1.39. The minimum Gasteiger partial charge on any atom is -0.368 e. The number of amides is 1. The topological polar surface area (TPSA) is 69.3 Å². The van der Waals surface area contributed by atoms with Crippen molar-refractivity contribution in [2.24, 2.45) is 11.3 Å². The summed E-state index contributed by atoms with van der Waals surface area (Å²) >= 11 is 1.68. The zero-order valence-corrected chi connectivity index (χ0v) is 23.1. The highest BCUT2D eigenvalue weighted by Crippen LogP contribution is 2.42. The molecule has 1 aromatic carbocycles. The molecule has 192 valence electrons. The van der Waals surface area contributed by atoms with Crippen LogP contribution in [-0.4, -0.2) is 47.0 Å². The van der Waals surface area contributed by atoms with Crippen LogP contribution in [-0.2, 0) is 24.1 Å². The van der Waals surface area contributed by atoms with Crippen LogP contribution in [0.5, 0.6) is 0 Å². The Morgan fingerprint density at radius 2 is 1.92 bits per heavy atom. The number of aromatic amines is 1. The molecule has 1 saturated heterocycles. The predicted molar refractivity (Wildman–Crippen MR) is 148 cm³/mol. The number of aryl methyl sites for hydroxylation is 4. The molecular weight excluding hydrogens is 468 g/mol. The molecule has 3 heterocycles. The van der Waals surface area contributed by atoms with Crippen molar-refractivity contribution in [3.63, 3.8) is 0 Å². The molecule has 36 heavy (non-hydrogen) atoms. The fourth-order valence-electron chi connectivity index (χ4n) is 5.83. The van der Waals surface area contributed by atoms with Crippen molar-refractivity contribution in [1.82, 2.24) is 14.9 Å². The smallest absolute Gasteiger partial charge is 0.259 e. The Labute approximate surface area is 217 Å². The van der Waals surface area contributed by atoms with E-state index in [4.69, 9.17) is 4.98 Å². The number of rotatable bonds is 4. The van der Waals surface area contributed by atoms with Gasteiger partial charge in [-0.3, -0.25) is 9.59 Å². The van der Waals surface area contributed by atoms with Gasteiger partial charge < -0.3 is 14.8 Å². The van der Waals surface area contributed by atoms with Gasteiger partial charge in [0.15, 0.2) is 0 Å². The van der Waals surface area contributed by atoms with Gasteiger partial charge in [-0.1, -0.05) is 38.5 Å². The second-order valence-corrected chi connectivity index (χ2v) is 12.7. The third kappa shape index (κ3) is 4.95. The monoisotopic (exact) mass is 506 g/mol. The lowest BCUT2D eigenvalue weighted by Crippen LogP contribution is -2.49. The summed E-state index contributed by atoms with van der Waals surface area (Å²) in [6.45, 7) is 14.3. The summed E-state index contributed by atoms with van der Waals surface area (Å²) in [5, 5.41) is 0.778. The first-order valence-electron chi connectivity index (χ1n) is 13.2. The van der Waals surface area contributed by atoms with Crippen LogP contribution in [0.25, 0.3) is 10.2 Å². The number of carbonyl (C=O) groups is 1. The zero-order valence-electron chi connectivity index (χ0n) is 22.2. The fourth-order valence-corrected chi connectivity index (χ4v) is 7.15. The first-order valence-corrected chi connectivity index (χ1v) is 14.0. The molecule has 3 aromatic rings. The summed E-state index contributed by atoms with van der Waals surface area (Å²) in [6.07, 6.45) is 3.94. The van der Waals surface area contributed by atoms with E-state index < -0.39 is 0 Å². The van der Waals surface area contributed by atoms with E-state index in [0.29, 0.717) is 24.6 Å². The number of anilines is 1. The molecule has 0 spiro atoms. The molecule has 0 saturated carbocycles. The first-order chi connectivity index (χ1) is 17.1. The van der Waals surface area contributed by atoms with Gasteiger partial charge in [-0.05, 0) is 61.6 Å². The minimum absolute atomic E-state index is 0.0451. The molecule has 1 aliphatic heterocycles. The van der Waals surface area contributed by atoms with Crippen LogP contribution >= 0.6 is 11.3 Å². The van der Waals surface area contributed by atoms with Crippen LogP contribution in [0.15, 0.2) is 23.0 Å². The van der Waals surface area contributed by atoms with Crippen LogP contribution in [0, 0.1) is 25.2 Å². The molecular formula is C29H38N4O2S. The van der Waals surface area contributed by atoms with Gasteiger partial charge >= 0.3 is 0 Å². The highest BCUT2D eigenvalue weighted by molar-refractivity contribution is 7.18. The van der Waals surface area contributed by atoms with E-state index in [2.05, 4.69) is 62.7 Å². The third-order valence-corrected chi connectivity index (χ3v) is 9.24. The standard InChI is InChI=1S/C29H38N4O2S/c1-18-6-9-22(19(2)16-18)32-12-14-33(15-13-32)25(34)11-10-24-30-27(35)26-21-8-7-20(29(3,4)5)17-23(21)36-28(26)31-24/h6,9,16,20H,7-8,10-15,17H2,1-5H3,(H,30,31,35)/t20-/m0/s1. The van der Waals surface area contributed by atoms with Gasteiger partial charge in [0.1, 0.15) is 10.7 Å². The van der Waals surface area contributed by atoms with Gasteiger partial charge in [0.05, 0.1) is 5.39 Å². The average molecular weight is 507 g/mol. The molecule has 6 nitrogen and oxygen atoms in total. The number of hydrogen-bond acceptors (Lipinski definition) is 5. The van der Waals surface area contributed by atoms with Crippen molar-refractivity contribution >= 4 is 33.1 Å². The number of carbonyl (C=O) groups excluding carboxylic acids is 1. The van der Waals surface area contributed by atoms with Crippen LogP contribution < -0.4 is 10.5 Å². The highest BCUT2D eigenvalue weighted by Gasteiger charge is 2.31. The zero-order chi connectivity index (χ0) is 25.6. The lowest BCUT2D eigenvalue weighted by atomic mass is 9.72. The van der Waals surface area contributed by atoms with E-state index in [0.717, 1.165) is 55.7 Å². The SMILES string of the molecule is Cc1ccc(N2CCN(C(=O)CCc3nc4sc5c(c4c(=O)[nH]3)CC[C@H](C(C)(C)C)C5)CC2)c(C)c1. The maximum atomic E-state index is 13.0. The molecule has 1 atom stereocenters. The molecule has 5 rings (SSSR count). The van der Waals surface area contributed by atoms with E-state index in [9.17, 15) is 9.59 Å². The minimum atomic E-state index is -0.0451. The van der Waals surface area contributed by atoms with E-state index in [1.165, 1.54) is 27.3 Å². The predicted octanol–water partition coefficient (Wildman–Crippen LogP) is 5.03. The molecule has 0 radical (unpaired) electrons. The van der Waals surface area contributed by atoms with Gasteiger partial charge in [-0.15, -0.1) is 11.3 Å². The number of H-pyrrole nitrogens is 1.